The molecule has 2 rings (SSSR count). The first-order chi connectivity index (χ1) is 7.26. The maximum Gasteiger partial charge on any atom is 0.125 e. The summed E-state index contributed by atoms with van der Waals surface area (Å²) in [5.74, 6) is 0.709. The van der Waals surface area contributed by atoms with E-state index < -0.39 is 0 Å². The number of benzene rings is 1. The van der Waals surface area contributed by atoms with Crippen LogP contribution in [0.3, 0.4) is 0 Å². The topological polar surface area (TPSA) is 42.4 Å². The lowest BCUT2D eigenvalue weighted by molar-refractivity contribution is 0.274. The van der Waals surface area contributed by atoms with Crippen molar-refractivity contribution in [1.29, 1.82) is 0 Å². The van der Waals surface area contributed by atoms with Gasteiger partial charge in [-0.2, -0.15) is 0 Å². The second-order valence-corrected chi connectivity index (χ2v) is 3.47. The van der Waals surface area contributed by atoms with Crippen LogP contribution in [0.5, 0.6) is 5.75 Å². The molecule has 0 spiro atoms. The number of aliphatic hydroxyl groups is 1. The molecule has 0 amide bonds. The van der Waals surface area contributed by atoms with Gasteiger partial charge in [0, 0.05) is 17.1 Å². The minimum atomic E-state index is -0.0330. The minimum Gasteiger partial charge on any atom is -0.496 e. The summed E-state index contributed by atoms with van der Waals surface area (Å²) in [4.78, 5) is 4.26. The molecule has 0 aliphatic rings. The molecule has 1 heterocycles. The van der Waals surface area contributed by atoms with Crippen molar-refractivity contribution >= 4 is 10.9 Å². The Morgan fingerprint density at radius 2 is 2.20 bits per heavy atom. The van der Waals surface area contributed by atoms with Gasteiger partial charge in [-0.3, -0.25) is 4.98 Å². The van der Waals surface area contributed by atoms with Crippen LogP contribution in [0.25, 0.3) is 10.9 Å². The number of fused-ring (bicyclic) bond motifs is 1. The Hall–Kier alpha value is -1.61. The summed E-state index contributed by atoms with van der Waals surface area (Å²) < 4.78 is 5.21. The van der Waals surface area contributed by atoms with E-state index in [2.05, 4.69) is 4.98 Å². The summed E-state index contributed by atoms with van der Waals surface area (Å²) in [7, 11) is 1.60. The van der Waals surface area contributed by atoms with Crippen molar-refractivity contribution in [3.63, 3.8) is 0 Å². The Bertz CT molecular complexity index is 494. The van der Waals surface area contributed by atoms with E-state index in [1.54, 1.807) is 13.3 Å². The van der Waals surface area contributed by atoms with Gasteiger partial charge in [0.05, 0.1) is 19.2 Å². The number of methoxy groups -OCH3 is 1. The molecule has 15 heavy (non-hydrogen) atoms. The fraction of sp³-hybridized carbons (Fsp3) is 0.250. The van der Waals surface area contributed by atoms with Crippen molar-refractivity contribution in [2.75, 3.05) is 7.11 Å². The van der Waals surface area contributed by atoms with Crippen molar-refractivity contribution in [2.24, 2.45) is 0 Å². The number of nitrogens with zero attached hydrogens (tertiary/aromatic N) is 1. The van der Waals surface area contributed by atoms with Gasteiger partial charge in [0.1, 0.15) is 5.75 Å². The zero-order valence-corrected chi connectivity index (χ0v) is 8.82. The summed E-state index contributed by atoms with van der Waals surface area (Å²) in [5, 5.41) is 10.2. The third-order valence-corrected chi connectivity index (χ3v) is 2.53. The largest absolute Gasteiger partial charge is 0.496 e. The summed E-state index contributed by atoms with van der Waals surface area (Å²) in [6.07, 6.45) is 1.77. The maximum absolute atomic E-state index is 9.17. The van der Waals surface area contributed by atoms with E-state index in [4.69, 9.17) is 4.74 Å². The third-order valence-electron chi connectivity index (χ3n) is 2.53. The third kappa shape index (κ3) is 1.66. The molecule has 0 fully saturated rings. The summed E-state index contributed by atoms with van der Waals surface area (Å²) in [6, 6.07) is 5.74. The average Bonchev–Trinajstić information content (AvgIpc) is 2.28. The highest BCUT2D eigenvalue weighted by molar-refractivity contribution is 5.84. The van der Waals surface area contributed by atoms with E-state index >= 15 is 0 Å². The normalized spacial score (nSPS) is 10.6. The Morgan fingerprint density at radius 1 is 1.40 bits per heavy atom. The Morgan fingerprint density at radius 3 is 2.87 bits per heavy atom. The molecule has 0 saturated carbocycles. The maximum atomic E-state index is 9.17. The highest BCUT2D eigenvalue weighted by atomic mass is 16.5. The zero-order chi connectivity index (χ0) is 10.8. The highest BCUT2D eigenvalue weighted by Crippen LogP contribution is 2.26. The molecule has 0 aliphatic carbocycles. The molecular weight excluding hydrogens is 190 g/mol. The molecule has 0 atom stereocenters. The first-order valence-electron chi connectivity index (χ1n) is 4.79. The van der Waals surface area contributed by atoms with Gasteiger partial charge in [-0.15, -0.1) is 0 Å². The van der Waals surface area contributed by atoms with E-state index in [-0.39, 0.29) is 6.61 Å². The summed E-state index contributed by atoms with van der Waals surface area (Å²) in [6.45, 7) is 2.00. The molecule has 0 aliphatic heterocycles. The molecule has 0 bridgehead atoms. The number of aromatic nitrogens is 1. The molecule has 1 aromatic carbocycles. The molecule has 1 N–H and O–H groups in total. The second-order valence-electron chi connectivity index (χ2n) is 3.47. The molecule has 3 nitrogen and oxygen atoms in total. The molecule has 2 aromatic rings. The molecular formula is C12H13NO2. The van der Waals surface area contributed by atoms with Crippen LogP contribution < -0.4 is 4.74 Å². The monoisotopic (exact) mass is 203 g/mol. The lowest BCUT2D eigenvalue weighted by Gasteiger charge is -2.09. The van der Waals surface area contributed by atoms with Gasteiger partial charge in [-0.25, -0.2) is 0 Å². The van der Waals surface area contributed by atoms with Crippen LogP contribution >= 0.6 is 0 Å². The van der Waals surface area contributed by atoms with Crippen LogP contribution in [0.15, 0.2) is 24.4 Å². The highest BCUT2D eigenvalue weighted by Gasteiger charge is 2.06. The molecule has 0 unspecified atom stereocenters. The van der Waals surface area contributed by atoms with Gasteiger partial charge < -0.3 is 9.84 Å². The van der Waals surface area contributed by atoms with Gasteiger partial charge in [0.25, 0.3) is 0 Å². The number of aryl methyl sites for hydroxylation is 1. The fourth-order valence-electron chi connectivity index (χ4n) is 1.67. The first kappa shape index (κ1) is 9.93. The lowest BCUT2D eigenvalue weighted by Crippen LogP contribution is -1.93. The number of hydrogen-bond donors (Lipinski definition) is 1. The molecule has 3 heteroatoms. The predicted molar refractivity (Wildman–Crippen MR) is 59.0 cm³/mol. The summed E-state index contributed by atoms with van der Waals surface area (Å²) >= 11 is 0. The Kier molecular flexibility index (Phi) is 2.56. The van der Waals surface area contributed by atoms with Crippen molar-refractivity contribution in [2.45, 2.75) is 13.5 Å². The van der Waals surface area contributed by atoms with Crippen LogP contribution in [-0.4, -0.2) is 17.2 Å². The van der Waals surface area contributed by atoms with E-state index in [9.17, 15) is 5.11 Å². The van der Waals surface area contributed by atoms with Crippen molar-refractivity contribution in [3.05, 3.63) is 35.5 Å². The number of pyridine rings is 1. The van der Waals surface area contributed by atoms with E-state index in [0.29, 0.717) is 5.75 Å². The van der Waals surface area contributed by atoms with Crippen molar-refractivity contribution in [1.82, 2.24) is 4.98 Å². The van der Waals surface area contributed by atoms with E-state index in [1.165, 1.54) is 0 Å². The standard InChI is InChI=1S/C12H13NO2/c1-8-3-4-13-11-5-9(7-14)12(15-2)6-10(8)11/h3-6,14H,7H2,1-2H3. The lowest BCUT2D eigenvalue weighted by atomic mass is 10.1. The van der Waals surface area contributed by atoms with Crippen LogP contribution in [0, 0.1) is 6.92 Å². The Labute approximate surface area is 88.3 Å². The van der Waals surface area contributed by atoms with Gasteiger partial charge in [-0.1, -0.05) is 0 Å². The number of rotatable bonds is 2. The van der Waals surface area contributed by atoms with Crippen LogP contribution in [-0.2, 0) is 6.61 Å². The van der Waals surface area contributed by atoms with Crippen molar-refractivity contribution in [3.8, 4) is 5.75 Å². The zero-order valence-electron chi connectivity index (χ0n) is 8.82. The van der Waals surface area contributed by atoms with Gasteiger partial charge >= 0.3 is 0 Å². The number of aliphatic hydroxyl groups excluding tert-OH is 1. The van der Waals surface area contributed by atoms with Crippen LogP contribution in [0.4, 0.5) is 0 Å². The molecule has 1 aromatic heterocycles. The molecule has 0 saturated heterocycles. The van der Waals surface area contributed by atoms with Crippen molar-refractivity contribution < 1.29 is 9.84 Å². The second kappa shape index (κ2) is 3.87. The Balaban J connectivity index is 2.75. The van der Waals surface area contributed by atoms with Crippen LogP contribution in [0.1, 0.15) is 11.1 Å². The van der Waals surface area contributed by atoms with Gasteiger partial charge in [0.15, 0.2) is 0 Å². The average molecular weight is 203 g/mol. The molecule has 78 valence electrons. The van der Waals surface area contributed by atoms with Gasteiger partial charge in [0.2, 0.25) is 0 Å². The molecule has 0 radical (unpaired) electrons. The predicted octanol–water partition coefficient (Wildman–Crippen LogP) is 2.04. The number of ether oxygens (including phenoxy) is 1. The first-order valence-corrected chi connectivity index (χ1v) is 4.79. The number of hydrogen-bond acceptors (Lipinski definition) is 3. The minimum absolute atomic E-state index is 0.0330. The van der Waals surface area contributed by atoms with E-state index in [1.807, 2.05) is 25.1 Å². The SMILES string of the molecule is COc1cc2c(C)ccnc2cc1CO. The van der Waals surface area contributed by atoms with E-state index in [0.717, 1.165) is 22.0 Å². The fourth-order valence-corrected chi connectivity index (χ4v) is 1.67. The quantitative estimate of drug-likeness (QED) is 0.812. The van der Waals surface area contributed by atoms with Crippen LogP contribution in [0.2, 0.25) is 0 Å². The summed E-state index contributed by atoms with van der Waals surface area (Å²) in [5.41, 5.74) is 2.81. The smallest absolute Gasteiger partial charge is 0.125 e. The van der Waals surface area contributed by atoms with Gasteiger partial charge in [-0.05, 0) is 30.7 Å².